The van der Waals surface area contributed by atoms with E-state index in [1.165, 1.54) is 0 Å². The van der Waals surface area contributed by atoms with Crippen LogP contribution < -0.4 is 5.32 Å². The molecule has 1 aliphatic heterocycles. The third-order valence-electron chi connectivity index (χ3n) is 3.25. The van der Waals surface area contributed by atoms with Crippen molar-refractivity contribution in [2.75, 3.05) is 19.6 Å². The Hall–Kier alpha value is -0.570. The fourth-order valence-electron chi connectivity index (χ4n) is 2.16. The van der Waals surface area contributed by atoms with Crippen molar-refractivity contribution in [2.45, 2.75) is 52.5 Å². The quantitative estimate of drug-likeness (QED) is 0.778. The van der Waals surface area contributed by atoms with Crippen LogP contribution in [0.1, 0.15) is 46.5 Å². The summed E-state index contributed by atoms with van der Waals surface area (Å²) in [6.07, 6.45) is 4.01. The molecule has 0 bridgehead atoms. The second-order valence-corrected chi connectivity index (χ2v) is 5.14. The first kappa shape index (κ1) is 13.5. The molecule has 0 saturated carbocycles. The van der Waals surface area contributed by atoms with E-state index in [9.17, 15) is 4.79 Å². The normalized spacial score (nSPS) is 18.1. The molecular formula is C13H26N2O. The van der Waals surface area contributed by atoms with E-state index >= 15 is 0 Å². The van der Waals surface area contributed by atoms with E-state index in [1.807, 2.05) is 4.90 Å². The van der Waals surface area contributed by atoms with Crippen LogP contribution in [0.15, 0.2) is 0 Å². The number of nitrogens with one attached hydrogen (secondary N) is 1. The second-order valence-electron chi connectivity index (χ2n) is 5.14. The highest BCUT2D eigenvalue weighted by Gasteiger charge is 2.21. The summed E-state index contributed by atoms with van der Waals surface area (Å²) in [6.45, 7) is 9.46. The number of hydrogen-bond acceptors (Lipinski definition) is 2. The van der Waals surface area contributed by atoms with Gasteiger partial charge in [-0.25, -0.2) is 0 Å². The Morgan fingerprint density at radius 3 is 2.50 bits per heavy atom. The second kappa shape index (κ2) is 6.89. The lowest BCUT2D eigenvalue weighted by Gasteiger charge is -2.32. The van der Waals surface area contributed by atoms with Gasteiger partial charge in [-0.3, -0.25) is 4.79 Å². The summed E-state index contributed by atoms with van der Waals surface area (Å²) in [4.78, 5) is 13.7. The molecule has 1 amide bonds. The van der Waals surface area contributed by atoms with E-state index in [2.05, 4.69) is 26.1 Å². The summed E-state index contributed by atoms with van der Waals surface area (Å²) in [5, 5.41) is 3.48. The first-order valence-electron chi connectivity index (χ1n) is 6.64. The molecule has 0 radical (unpaired) electrons. The van der Waals surface area contributed by atoms with Crippen LogP contribution in [0, 0.1) is 5.92 Å². The number of carbonyl (C=O) groups excluding carboxylic acids is 1. The van der Waals surface area contributed by atoms with E-state index in [-0.39, 0.29) is 0 Å². The average molecular weight is 226 g/mol. The molecular weight excluding hydrogens is 200 g/mol. The lowest BCUT2D eigenvalue weighted by Crippen LogP contribution is -2.41. The molecule has 1 saturated heterocycles. The van der Waals surface area contributed by atoms with E-state index in [0.29, 0.717) is 11.9 Å². The summed E-state index contributed by atoms with van der Waals surface area (Å²) in [5.41, 5.74) is 0. The van der Waals surface area contributed by atoms with Crippen molar-refractivity contribution in [1.29, 1.82) is 0 Å². The third kappa shape index (κ3) is 4.52. The van der Waals surface area contributed by atoms with Crippen LogP contribution in [0.25, 0.3) is 0 Å². The maximum Gasteiger partial charge on any atom is 0.222 e. The summed E-state index contributed by atoms with van der Waals surface area (Å²) in [7, 11) is 0. The van der Waals surface area contributed by atoms with Gasteiger partial charge in [0.15, 0.2) is 0 Å². The lowest BCUT2D eigenvalue weighted by atomic mass is 9.96. The van der Waals surface area contributed by atoms with Crippen molar-refractivity contribution >= 4 is 5.91 Å². The van der Waals surface area contributed by atoms with Crippen LogP contribution in [0.5, 0.6) is 0 Å². The molecule has 1 heterocycles. The molecule has 0 spiro atoms. The van der Waals surface area contributed by atoms with Gasteiger partial charge in [-0.05, 0) is 31.7 Å². The van der Waals surface area contributed by atoms with Crippen LogP contribution in [0.3, 0.4) is 0 Å². The average Bonchev–Trinajstić information content (AvgIpc) is 2.27. The van der Waals surface area contributed by atoms with Crippen molar-refractivity contribution in [1.82, 2.24) is 10.2 Å². The zero-order valence-corrected chi connectivity index (χ0v) is 11.0. The van der Waals surface area contributed by atoms with Crippen molar-refractivity contribution in [3.63, 3.8) is 0 Å². The number of carbonyl (C=O) groups is 1. The van der Waals surface area contributed by atoms with E-state index in [4.69, 9.17) is 0 Å². The molecule has 1 N–H and O–H groups in total. The Morgan fingerprint density at radius 1 is 1.38 bits per heavy atom. The zero-order chi connectivity index (χ0) is 12.0. The highest BCUT2D eigenvalue weighted by Crippen LogP contribution is 2.17. The molecule has 0 aromatic heterocycles. The molecule has 3 heteroatoms. The van der Waals surface area contributed by atoms with Gasteiger partial charge in [-0.1, -0.05) is 20.8 Å². The highest BCUT2D eigenvalue weighted by atomic mass is 16.2. The van der Waals surface area contributed by atoms with Crippen molar-refractivity contribution in [3.05, 3.63) is 0 Å². The van der Waals surface area contributed by atoms with Crippen LogP contribution in [0.4, 0.5) is 0 Å². The van der Waals surface area contributed by atoms with Crippen molar-refractivity contribution in [2.24, 2.45) is 5.92 Å². The summed E-state index contributed by atoms with van der Waals surface area (Å²) in [6, 6.07) is 0.569. The molecule has 1 fully saturated rings. The van der Waals surface area contributed by atoms with Crippen LogP contribution in [0.2, 0.25) is 0 Å². The molecule has 0 atom stereocenters. The minimum Gasteiger partial charge on any atom is -0.343 e. The van der Waals surface area contributed by atoms with E-state index in [1.54, 1.807) is 0 Å². The number of amides is 1. The first-order chi connectivity index (χ1) is 7.63. The molecule has 0 unspecified atom stereocenters. The lowest BCUT2D eigenvalue weighted by molar-refractivity contribution is -0.132. The largest absolute Gasteiger partial charge is 0.343 e. The van der Waals surface area contributed by atoms with Gasteiger partial charge in [-0.15, -0.1) is 0 Å². The van der Waals surface area contributed by atoms with Crippen molar-refractivity contribution in [3.8, 4) is 0 Å². The summed E-state index contributed by atoms with van der Waals surface area (Å²) in [5.74, 6) is 1.10. The molecule has 0 aliphatic carbocycles. The highest BCUT2D eigenvalue weighted by molar-refractivity contribution is 5.76. The summed E-state index contributed by atoms with van der Waals surface area (Å²) < 4.78 is 0. The monoisotopic (exact) mass is 226 g/mol. The first-order valence-corrected chi connectivity index (χ1v) is 6.64. The minimum absolute atomic E-state index is 0.345. The number of hydrogen-bond donors (Lipinski definition) is 1. The standard InChI is InChI=1S/C13H26N2O/c1-4-5-13(16)15-8-6-12(7-9-15)10-14-11(2)3/h11-12,14H,4-10H2,1-3H3. The Kier molecular flexibility index (Phi) is 5.81. The predicted octanol–water partition coefficient (Wildman–Crippen LogP) is 2.02. The zero-order valence-electron chi connectivity index (χ0n) is 11.0. The molecule has 94 valence electrons. The topological polar surface area (TPSA) is 32.3 Å². The van der Waals surface area contributed by atoms with Gasteiger partial charge < -0.3 is 10.2 Å². The SMILES string of the molecule is CCCC(=O)N1CCC(CNC(C)C)CC1. The Morgan fingerprint density at radius 2 is 2.00 bits per heavy atom. The molecule has 16 heavy (non-hydrogen) atoms. The Balaban J connectivity index is 2.20. The van der Waals surface area contributed by atoms with E-state index in [0.717, 1.165) is 51.2 Å². The van der Waals surface area contributed by atoms with Gasteiger partial charge in [0, 0.05) is 25.6 Å². The predicted molar refractivity (Wildman–Crippen MR) is 67.4 cm³/mol. The fourth-order valence-corrected chi connectivity index (χ4v) is 2.16. The minimum atomic E-state index is 0.345. The van der Waals surface area contributed by atoms with Gasteiger partial charge in [0.05, 0.1) is 0 Å². The maximum atomic E-state index is 11.7. The number of piperidine rings is 1. The van der Waals surface area contributed by atoms with Gasteiger partial charge in [0.1, 0.15) is 0 Å². The molecule has 0 aromatic rings. The molecule has 1 rings (SSSR count). The van der Waals surface area contributed by atoms with Crippen LogP contribution in [-0.2, 0) is 4.79 Å². The number of rotatable bonds is 5. The molecule has 1 aliphatic rings. The van der Waals surface area contributed by atoms with Gasteiger partial charge in [-0.2, -0.15) is 0 Å². The number of likely N-dealkylation sites (tertiary alicyclic amines) is 1. The molecule has 3 nitrogen and oxygen atoms in total. The van der Waals surface area contributed by atoms with Gasteiger partial charge in [0.2, 0.25) is 5.91 Å². The summed E-state index contributed by atoms with van der Waals surface area (Å²) >= 11 is 0. The van der Waals surface area contributed by atoms with Gasteiger partial charge >= 0.3 is 0 Å². The Labute approximate surface area is 99.6 Å². The van der Waals surface area contributed by atoms with Gasteiger partial charge in [0.25, 0.3) is 0 Å². The smallest absolute Gasteiger partial charge is 0.222 e. The van der Waals surface area contributed by atoms with Crippen LogP contribution in [-0.4, -0.2) is 36.5 Å². The van der Waals surface area contributed by atoms with Crippen molar-refractivity contribution < 1.29 is 4.79 Å². The number of nitrogens with zero attached hydrogens (tertiary/aromatic N) is 1. The third-order valence-corrected chi connectivity index (χ3v) is 3.25. The Bertz CT molecular complexity index is 208. The fraction of sp³-hybridized carbons (Fsp3) is 0.923. The van der Waals surface area contributed by atoms with Crippen LogP contribution >= 0.6 is 0 Å². The molecule has 0 aromatic carbocycles. The maximum absolute atomic E-state index is 11.7. The van der Waals surface area contributed by atoms with E-state index < -0.39 is 0 Å².